The first-order chi connectivity index (χ1) is 14.4. The molecule has 10 heteroatoms. The van der Waals surface area contributed by atoms with Crippen LogP contribution in [0.4, 0.5) is 16.5 Å². The van der Waals surface area contributed by atoms with Gasteiger partial charge in [-0.15, -0.1) is 11.3 Å². The molecule has 0 radical (unpaired) electrons. The van der Waals surface area contributed by atoms with Crippen LogP contribution in [0.3, 0.4) is 0 Å². The number of hydrogen-bond acceptors (Lipinski definition) is 7. The van der Waals surface area contributed by atoms with Crippen LogP contribution in [-0.2, 0) is 21.2 Å². The van der Waals surface area contributed by atoms with Crippen LogP contribution in [0.25, 0.3) is 0 Å². The average molecular weight is 445 g/mol. The number of rotatable bonds is 7. The number of sulfonamides is 1. The molecule has 0 saturated carbocycles. The number of ether oxygens (including phenoxy) is 1. The third-order valence-electron chi connectivity index (χ3n) is 4.72. The number of aromatic nitrogens is 1. The first kappa shape index (κ1) is 20.2. The van der Waals surface area contributed by atoms with E-state index < -0.39 is 10.0 Å². The van der Waals surface area contributed by atoms with E-state index in [0.29, 0.717) is 10.8 Å². The molecule has 156 valence electrons. The second-order valence-electron chi connectivity index (χ2n) is 6.68. The first-order valence-electron chi connectivity index (χ1n) is 9.19. The number of carbonyl (C=O) groups excluding carboxylic acids is 1. The number of hydrogen-bond donors (Lipinski definition) is 2. The lowest BCUT2D eigenvalue weighted by Crippen LogP contribution is -2.31. The van der Waals surface area contributed by atoms with E-state index in [2.05, 4.69) is 15.0 Å². The maximum Gasteiger partial charge on any atom is 0.263 e. The van der Waals surface area contributed by atoms with Crippen LogP contribution >= 0.6 is 11.3 Å². The van der Waals surface area contributed by atoms with Crippen LogP contribution in [0.2, 0.25) is 0 Å². The maximum absolute atomic E-state index is 12.5. The monoisotopic (exact) mass is 444 g/mol. The average Bonchev–Trinajstić information content (AvgIpc) is 3.37. The van der Waals surface area contributed by atoms with Gasteiger partial charge < -0.3 is 15.0 Å². The van der Waals surface area contributed by atoms with Gasteiger partial charge in [0.25, 0.3) is 10.0 Å². The lowest BCUT2D eigenvalue weighted by Gasteiger charge is -2.19. The number of benzene rings is 2. The van der Waals surface area contributed by atoms with Crippen molar-refractivity contribution in [2.45, 2.75) is 11.3 Å². The normalized spacial score (nSPS) is 13.0. The summed E-state index contributed by atoms with van der Waals surface area (Å²) in [5, 5.41) is 4.80. The zero-order chi connectivity index (χ0) is 21.1. The van der Waals surface area contributed by atoms with Gasteiger partial charge in [0.05, 0.1) is 18.6 Å². The predicted octanol–water partition coefficient (Wildman–Crippen LogP) is 2.95. The highest BCUT2D eigenvalue weighted by atomic mass is 32.2. The predicted molar refractivity (Wildman–Crippen MR) is 117 cm³/mol. The van der Waals surface area contributed by atoms with Crippen LogP contribution in [0.1, 0.15) is 5.56 Å². The van der Waals surface area contributed by atoms with Crippen molar-refractivity contribution in [2.75, 3.05) is 35.1 Å². The fourth-order valence-electron chi connectivity index (χ4n) is 3.28. The number of amides is 1. The molecule has 0 saturated heterocycles. The van der Waals surface area contributed by atoms with Gasteiger partial charge in [0.1, 0.15) is 5.75 Å². The lowest BCUT2D eigenvalue weighted by molar-refractivity contribution is -0.115. The molecular weight excluding hydrogens is 424 g/mol. The number of nitrogens with zero attached hydrogens (tertiary/aromatic N) is 2. The smallest absolute Gasteiger partial charge is 0.263 e. The molecule has 0 atom stereocenters. The number of nitrogens with one attached hydrogen (secondary N) is 2. The largest absolute Gasteiger partial charge is 0.497 e. The second kappa shape index (κ2) is 8.33. The van der Waals surface area contributed by atoms with E-state index in [1.807, 2.05) is 23.1 Å². The van der Waals surface area contributed by atoms with E-state index in [4.69, 9.17) is 4.74 Å². The second-order valence-corrected chi connectivity index (χ2v) is 9.26. The zero-order valence-electron chi connectivity index (χ0n) is 16.2. The summed E-state index contributed by atoms with van der Waals surface area (Å²) in [6.07, 6.45) is 2.38. The van der Waals surface area contributed by atoms with E-state index in [0.717, 1.165) is 30.0 Å². The lowest BCUT2D eigenvalue weighted by atomic mass is 10.1. The molecule has 2 N–H and O–H groups in total. The van der Waals surface area contributed by atoms with Gasteiger partial charge in [-0.3, -0.25) is 9.52 Å². The van der Waals surface area contributed by atoms with Crippen LogP contribution in [0.5, 0.6) is 5.75 Å². The molecule has 1 aromatic heterocycles. The summed E-state index contributed by atoms with van der Waals surface area (Å²) in [4.78, 5) is 18.5. The van der Waals surface area contributed by atoms with Gasteiger partial charge in [-0.1, -0.05) is 0 Å². The third kappa shape index (κ3) is 4.39. The van der Waals surface area contributed by atoms with Gasteiger partial charge in [0, 0.05) is 29.5 Å². The summed E-state index contributed by atoms with van der Waals surface area (Å²) >= 11 is 1.20. The van der Waals surface area contributed by atoms with Gasteiger partial charge in [-0.2, -0.15) is 0 Å². The number of methoxy groups -OCH3 is 1. The van der Waals surface area contributed by atoms with Crippen molar-refractivity contribution in [3.8, 4) is 5.75 Å². The summed E-state index contributed by atoms with van der Waals surface area (Å²) in [6.45, 7) is 0.973. The molecule has 30 heavy (non-hydrogen) atoms. The Hall–Kier alpha value is -3.11. The maximum atomic E-state index is 12.5. The van der Waals surface area contributed by atoms with Crippen molar-refractivity contribution < 1.29 is 17.9 Å². The van der Waals surface area contributed by atoms with E-state index in [1.54, 1.807) is 24.6 Å². The first-order valence-corrected chi connectivity index (χ1v) is 11.5. The number of thiazole rings is 1. The van der Waals surface area contributed by atoms with E-state index in [9.17, 15) is 13.2 Å². The molecular formula is C20H20N4O4S2. The minimum atomic E-state index is -3.72. The minimum absolute atomic E-state index is 0.0955. The Labute approximate surface area is 178 Å². The summed E-state index contributed by atoms with van der Waals surface area (Å²) < 4.78 is 32.4. The minimum Gasteiger partial charge on any atom is -0.497 e. The van der Waals surface area contributed by atoms with Gasteiger partial charge in [-0.25, -0.2) is 13.4 Å². The molecule has 4 rings (SSSR count). The van der Waals surface area contributed by atoms with Gasteiger partial charge in [0.2, 0.25) is 5.91 Å². The standard InChI is InChI=1S/C20H20N4O4S2/c1-28-16-4-7-18-14(12-16)8-10-24(18)13-19(25)22-15-2-5-17(6-3-15)30(26,27)23-20-21-9-11-29-20/h2-7,9,11-12H,8,10,13H2,1H3,(H,21,23)(H,22,25). The molecule has 0 bridgehead atoms. The van der Waals surface area contributed by atoms with Crippen molar-refractivity contribution in [3.63, 3.8) is 0 Å². The molecule has 2 heterocycles. The van der Waals surface area contributed by atoms with Crippen molar-refractivity contribution in [1.29, 1.82) is 0 Å². The Morgan fingerprint density at radius 3 is 2.73 bits per heavy atom. The van der Waals surface area contributed by atoms with Crippen molar-refractivity contribution in [2.24, 2.45) is 0 Å². The molecule has 0 spiro atoms. The topological polar surface area (TPSA) is 101 Å². The van der Waals surface area contributed by atoms with Gasteiger partial charge in [0.15, 0.2) is 5.13 Å². The van der Waals surface area contributed by atoms with E-state index in [1.165, 1.54) is 29.7 Å². The summed E-state index contributed by atoms with van der Waals surface area (Å²) in [7, 11) is -2.09. The van der Waals surface area contributed by atoms with Gasteiger partial charge in [-0.05, 0) is 54.4 Å². The van der Waals surface area contributed by atoms with Gasteiger partial charge >= 0.3 is 0 Å². The van der Waals surface area contributed by atoms with Crippen LogP contribution in [-0.4, -0.2) is 39.5 Å². The van der Waals surface area contributed by atoms with Crippen molar-refractivity contribution >= 4 is 43.8 Å². The van der Waals surface area contributed by atoms with E-state index >= 15 is 0 Å². The fourth-order valence-corrected chi connectivity index (χ4v) is 5.07. The molecule has 0 fully saturated rings. The summed E-state index contributed by atoms with van der Waals surface area (Å²) in [6, 6.07) is 11.9. The molecule has 1 amide bonds. The molecule has 3 aromatic rings. The van der Waals surface area contributed by atoms with E-state index in [-0.39, 0.29) is 17.3 Å². The fraction of sp³-hybridized carbons (Fsp3) is 0.200. The van der Waals surface area contributed by atoms with Crippen molar-refractivity contribution in [3.05, 3.63) is 59.6 Å². The third-order valence-corrected chi connectivity index (χ3v) is 6.89. The Balaban J connectivity index is 1.38. The number of fused-ring (bicyclic) bond motifs is 1. The molecule has 1 aliphatic rings. The van der Waals surface area contributed by atoms with Crippen LogP contribution in [0.15, 0.2) is 58.9 Å². The van der Waals surface area contributed by atoms with Crippen molar-refractivity contribution in [1.82, 2.24) is 4.98 Å². The Bertz CT molecular complexity index is 1150. The highest BCUT2D eigenvalue weighted by Crippen LogP contribution is 2.31. The Morgan fingerprint density at radius 1 is 1.23 bits per heavy atom. The Kier molecular flexibility index (Phi) is 5.60. The highest BCUT2D eigenvalue weighted by Gasteiger charge is 2.22. The molecule has 1 aliphatic heterocycles. The molecule has 0 aliphatic carbocycles. The Morgan fingerprint density at radius 2 is 2.03 bits per heavy atom. The van der Waals surface area contributed by atoms with Crippen LogP contribution < -0.4 is 19.7 Å². The SMILES string of the molecule is COc1ccc2c(c1)CCN2CC(=O)Nc1ccc(S(=O)(=O)Nc2nccs2)cc1. The summed E-state index contributed by atoms with van der Waals surface area (Å²) in [5.41, 5.74) is 2.72. The number of anilines is 3. The zero-order valence-corrected chi connectivity index (χ0v) is 17.8. The molecule has 2 aromatic carbocycles. The highest BCUT2D eigenvalue weighted by molar-refractivity contribution is 7.93. The summed E-state index contributed by atoms with van der Waals surface area (Å²) in [5.74, 6) is 0.634. The number of carbonyl (C=O) groups is 1. The van der Waals surface area contributed by atoms with Crippen LogP contribution in [0, 0.1) is 0 Å². The molecule has 0 unspecified atom stereocenters. The quantitative estimate of drug-likeness (QED) is 0.581. The molecule has 8 nitrogen and oxygen atoms in total.